The van der Waals surface area contributed by atoms with Gasteiger partial charge in [0.2, 0.25) is 0 Å². The minimum atomic E-state index is 0.0948. The van der Waals surface area contributed by atoms with Crippen molar-refractivity contribution >= 4 is 17.6 Å². The van der Waals surface area contributed by atoms with Crippen molar-refractivity contribution in [1.29, 1.82) is 5.41 Å². The van der Waals surface area contributed by atoms with Gasteiger partial charge in [-0.05, 0) is 24.2 Å². The van der Waals surface area contributed by atoms with E-state index >= 15 is 0 Å². The molecule has 0 aliphatic carbocycles. The van der Waals surface area contributed by atoms with Crippen molar-refractivity contribution in [2.45, 2.75) is 38.6 Å². The van der Waals surface area contributed by atoms with Crippen LogP contribution in [0.25, 0.3) is 0 Å². The fourth-order valence-corrected chi connectivity index (χ4v) is 2.42. The van der Waals surface area contributed by atoms with Crippen molar-refractivity contribution in [2.24, 2.45) is 5.73 Å². The summed E-state index contributed by atoms with van der Waals surface area (Å²) < 4.78 is 0. The minimum absolute atomic E-state index is 0.0948. The summed E-state index contributed by atoms with van der Waals surface area (Å²) in [5.41, 5.74) is 8.45. The van der Waals surface area contributed by atoms with Gasteiger partial charge in [-0.3, -0.25) is 5.41 Å². The number of rotatable bonds is 5. The number of aryl methyl sites for hydroxylation is 1. The number of thioether (sulfide) groups is 1. The molecule has 3 N–H and O–H groups in total. The van der Waals surface area contributed by atoms with Crippen LogP contribution in [-0.2, 0) is 12.8 Å². The molecule has 0 saturated heterocycles. The SMILES string of the molecule is CCSc1nnc(CC)c(CC)c1C(=N)N. The van der Waals surface area contributed by atoms with Crippen LogP contribution in [-0.4, -0.2) is 21.8 Å². The Morgan fingerprint density at radius 3 is 2.38 bits per heavy atom. The zero-order chi connectivity index (χ0) is 12.1. The Bertz CT molecular complexity index is 390. The highest BCUT2D eigenvalue weighted by molar-refractivity contribution is 7.99. The third kappa shape index (κ3) is 2.52. The second kappa shape index (κ2) is 5.84. The number of nitrogens with zero attached hydrogens (tertiary/aromatic N) is 2. The topological polar surface area (TPSA) is 75.7 Å². The molecule has 1 rings (SSSR count). The first-order valence-corrected chi connectivity index (χ1v) is 6.49. The van der Waals surface area contributed by atoms with Gasteiger partial charge in [-0.25, -0.2) is 0 Å². The van der Waals surface area contributed by atoms with Gasteiger partial charge in [0.1, 0.15) is 10.9 Å². The lowest BCUT2D eigenvalue weighted by atomic mass is 10.0. The number of nitrogens with two attached hydrogens (primary N) is 1. The van der Waals surface area contributed by atoms with Crippen molar-refractivity contribution in [2.75, 3.05) is 5.75 Å². The number of nitrogens with one attached hydrogen (secondary N) is 1. The van der Waals surface area contributed by atoms with Gasteiger partial charge < -0.3 is 5.73 Å². The highest BCUT2D eigenvalue weighted by Gasteiger charge is 2.16. The van der Waals surface area contributed by atoms with Crippen molar-refractivity contribution in [3.05, 3.63) is 16.8 Å². The molecule has 1 aromatic heterocycles. The van der Waals surface area contributed by atoms with E-state index in [2.05, 4.69) is 24.0 Å². The molecule has 0 aliphatic heterocycles. The van der Waals surface area contributed by atoms with Crippen LogP contribution < -0.4 is 5.73 Å². The molecular formula is C11H18N4S. The molecule has 0 saturated carbocycles. The maximum Gasteiger partial charge on any atom is 0.130 e. The number of aromatic nitrogens is 2. The van der Waals surface area contributed by atoms with Crippen LogP contribution in [0, 0.1) is 5.41 Å². The smallest absolute Gasteiger partial charge is 0.130 e. The van der Waals surface area contributed by atoms with E-state index in [9.17, 15) is 0 Å². The molecule has 0 fully saturated rings. The summed E-state index contributed by atoms with van der Waals surface area (Å²) in [6.45, 7) is 6.15. The molecule has 5 heteroatoms. The van der Waals surface area contributed by atoms with Gasteiger partial charge in [0, 0.05) is 0 Å². The van der Waals surface area contributed by atoms with Gasteiger partial charge in [-0.15, -0.1) is 16.9 Å². The molecule has 0 atom stereocenters. The number of hydrogen-bond donors (Lipinski definition) is 2. The summed E-state index contributed by atoms with van der Waals surface area (Å²) in [5.74, 6) is 1.00. The van der Waals surface area contributed by atoms with Gasteiger partial charge in [0.15, 0.2) is 0 Å². The number of nitrogen functional groups attached to an aromatic ring is 1. The van der Waals surface area contributed by atoms with Crippen molar-refractivity contribution in [3.8, 4) is 0 Å². The fourth-order valence-electron chi connectivity index (χ4n) is 1.67. The Balaban J connectivity index is 3.37. The molecule has 0 bridgehead atoms. The summed E-state index contributed by atoms with van der Waals surface area (Å²) in [6, 6.07) is 0. The van der Waals surface area contributed by atoms with Gasteiger partial charge in [0.25, 0.3) is 0 Å². The lowest BCUT2D eigenvalue weighted by Crippen LogP contribution is -2.18. The maximum atomic E-state index is 7.67. The molecular weight excluding hydrogens is 220 g/mol. The van der Waals surface area contributed by atoms with E-state index in [0.29, 0.717) is 0 Å². The molecule has 0 radical (unpaired) electrons. The van der Waals surface area contributed by atoms with Gasteiger partial charge >= 0.3 is 0 Å². The third-order valence-corrected chi connectivity index (χ3v) is 3.21. The molecule has 0 amide bonds. The molecule has 0 aliphatic rings. The van der Waals surface area contributed by atoms with E-state index in [1.54, 1.807) is 11.8 Å². The van der Waals surface area contributed by atoms with Crippen molar-refractivity contribution in [1.82, 2.24) is 10.2 Å². The highest BCUT2D eigenvalue weighted by Crippen LogP contribution is 2.24. The van der Waals surface area contributed by atoms with Gasteiger partial charge in [-0.1, -0.05) is 20.8 Å². The predicted molar refractivity (Wildman–Crippen MR) is 68.2 cm³/mol. The van der Waals surface area contributed by atoms with E-state index in [0.717, 1.165) is 40.4 Å². The van der Waals surface area contributed by atoms with E-state index in [-0.39, 0.29) is 5.84 Å². The Kier molecular flexibility index (Phi) is 4.73. The van der Waals surface area contributed by atoms with Gasteiger partial charge in [-0.2, -0.15) is 5.10 Å². The van der Waals surface area contributed by atoms with Crippen molar-refractivity contribution in [3.63, 3.8) is 0 Å². The molecule has 0 unspecified atom stereocenters. The molecule has 1 aromatic rings. The molecule has 0 aromatic carbocycles. The second-order valence-corrected chi connectivity index (χ2v) is 4.61. The van der Waals surface area contributed by atoms with E-state index in [1.807, 2.05) is 6.92 Å². The summed E-state index contributed by atoms with van der Waals surface area (Å²) in [5, 5.41) is 16.8. The summed E-state index contributed by atoms with van der Waals surface area (Å²) in [6.07, 6.45) is 1.67. The van der Waals surface area contributed by atoms with E-state index in [1.165, 1.54) is 0 Å². The van der Waals surface area contributed by atoms with E-state index < -0.39 is 0 Å². The highest BCUT2D eigenvalue weighted by atomic mass is 32.2. The fraction of sp³-hybridized carbons (Fsp3) is 0.545. The Morgan fingerprint density at radius 1 is 1.25 bits per heavy atom. The first-order chi connectivity index (χ1) is 7.65. The second-order valence-electron chi connectivity index (χ2n) is 3.36. The summed E-state index contributed by atoms with van der Waals surface area (Å²) in [7, 11) is 0. The first kappa shape index (κ1) is 13.0. The van der Waals surface area contributed by atoms with Crippen LogP contribution in [0.3, 0.4) is 0 Å². The molecule has 0 spiro atoms. The minimum Gasteiger partial charge on any atom is -0.384 e. The molecule has 16 heavy (non-hydrogen) atoms. The van der Waals surface area contributed by atoms with Crippen LogP contribution in [0.1, 0.15) is 37.6 Å². The maximum absolute atomic E-state index is 7.67. The van der Waals surface area contributed by atoms with E-state index in [4.69, 9.17) is 11.1 Å². The predicted octanol–water partition coefficient (Wildman–Crippen LogP) is 2.00. The largest absolute Gasteiger partial charge is 0.384 e. The average molecular weight is 238 g/mol. The normalized spacial score (nSPS) is 10.4. The van der Waals surface area contributed by atoms with Crippen LogP contribution in [0.15, 0.2) is 5.03 Å². The van der Waals surface area contributed by atoms with Crippen molar-refractivity contribution < 1.29 is 0 Å². The number of amidine groups is 1. The quantitative estimate of drug-likeness (QED) is 0.467. The van der Waals surface area contributed by atoms with Crippen LogP contribution in [0.2, 0.25) is 0 Å². The molecule has 88 valence electrons. The first-order valence-electron chi connectivity index (χ1n) is 5.51. The Morgan fingerprint density at radius 2 is 1.94 bits per heavy atom. The lowest BCUT2D eigenvalue weighted by molar-refractivity contribution is 0.819. The Hall–Kier alpha value is -1.10. The third-order valence-electron chi connectivity index (χ3n) is 2.36. The zero-order valence-corrected chi connectivity index (χ0v) is 10.8. The van der Waals surface area contributed by atoms with Crippen LogP contribution in [0.5, 0.6) is 0 Å². The lowest BCUT2D eigenvalue weighted by Gasteiger charge is -2.13. The molecule has 4 nitrogen and oxygen atoms in total. The number of hydrogen-bond acceptors (Lipinski definition) is 4. The summed E-state index contributed by atoms with van der Waals surface area (Å²) in [4.78, 5) is 0. The molecule has 1 heterocycles. The Labute approximate surface area is 101 Å². The monoisotopic (exact) mass is 238 g/mol. The summed E-state index contributed by atoms with van der Waals surface area (Å²) >= 11 is 1.58. The van der Waals surface area contributed by atoms with Crippen LogP contribution in [0.4, 0.5) is 0 Å². The van der Waals surface area contributed by atoms with Gasteiger partial charge in [0.05, 0.1) is 11.3 Å². The van der Waals surface area contributed by atoms with Crippen LogP contribution >= 0.6 is 11.8 Å². The standard InChI is InChI=1S/C11H18N4S/c1-4-7-8(5-2)14-15-11(16-6-3)9(7)10(12)13/h4-6H2,1-3H3,(H3,12,13). The average Bonchev–Trinajstić information content (AvgIpc) is 2.28. The zero-order valence-electron chi connectivity index (χ0n) is 10.0.